The van der Waals surface area contributed by atoms with Gasteiger partial charge in [-0.1, -0.05) is 31.0 Å². The molecule has 0 radical (unpaired) electrons. The lowest BCUT2D eigenvalue weighted by molar-refractivity contribution is -0.0416. The van der Waals surface area contributed by atoms with Crippen LogP contribution in [0.5, 0.6) is 11.5 Å². The highest BCUT2D eigenvalue weighted by Gasteiger charge is 2.35. The molecule has 1 N–H and O–H groups in total. The zero-order valence-corrected chi connectivity index (χ0v) is 23.8. The van der Waals surface area contributed by atoms with Crippen molar-refractivity contribution in [2.45, 2.75) is 63.5 Å². The molecule has 5 aromatic rings. The normalized spacial score (nSPS) is 18.6. The van der Waals surface area contributed by atoms with Crippen LogP contribution in [0.25, 0.3) is 16.7 Å². The minimum Gasteiger partial charge on any atom is -0.450 e. The van der Waals surface area contributed by atoms with E-state index in [1.54, 1.807) is 21.5 Å². The summed E-state index contributed by atoms with van der Waals surface area (Å²) in [6.45, 7) is 2.89. The molecule has 10 nitrogen and oxygen atoms in total. The minimum atomic E-state index is -0.0774. The van der Waals surface area contributed by atoms with Gasteiger partial charge in [0.2, 0.25) is 5.95 Å². The number of aromatic nitrogens is 6. The topological polar surface area (TPSA) is 100 Å². The molecule has 2 fully saturated rings. The van der Waals surface area contributed by atoms with Crippen molar-refractivity contribution in [1.29, 1.82) is 0 Å². The average molecular weight is 574 g/mol. The molecule has 0 aromatic carbocycles. The van der Waals surface area contributed by atoms with E-state index < -0.39 is 0 Å². The number of nitrogens with zero attached hydrogens (tertiary/aromatic N) is 6. The van der Waals surface area contributed by atoms with Gasteiger partial charge in [-0.25, -0.2) is 9.50 Å². The van der Waals surface area contributed by atoms with Gasteiger partial charge in [0.1, 0.15) is 21.7 Å². The van der Waals surface area contributed by atoms with E-state index in [-0.39, 0.29) is 17.7 Å². The maximum Gasteiger partial charge on any atom is 0.274 e. The van der Waals surface area contributed by atoms with Gasteiger partial charge >= 0.3 is 0 Å². The maximum absolute atomic E-state index is 13.7. The van der Waals surface area contributed by atoms with E-state index in [2.05, 4.69) is 27.3 Å². The lowest BCUT2D eigenvalue weighted by Crippen LogP contribution is -2.41. The summed E-state index contributed by atoms with van der Waals surface area (Å²) in [7, 11) is 1.84. The number of hydrogen-bond acceptors (Lipinski definition) is 7. The van der Waals surface area contributed by atoms with Crippen molar-refractivity contribution in [2.75, 3.05) is 11.9 Å². The molecule has 0 saturated heterocycles. The quantitative estimate of drug-likeness (QED) is 0.194. The Hall–Kier alpha value is -3.89. The third kappa shape index (κ3) is 4.74. The number of pyridine rings is 3. The summed E-state index contributed by atoms with van der Waals surface area (Å²) in [5, 5.41) is 8.00. The molecule has 7 rings (SSSR count). The molecular formula is C30H32ClN7O3. The molecule has 2 saturated carbocycles. The molecule has 2 atom stereocenters. The number of imidazole rings is 1. The molecule has 0 aliphatic heterocycles. The molecule has 11 heteroatoms. The van der Waals surface area contributed by atoms with E-state index in [9.17, 15) is 4.79 Å². The Balaban J connectivity index is 1.20. The maximum atomic E-state index is 13.7. The molecule has 0 spiro atoms. The smallest absolute Gasteiger partial charge is 0.274 e. The van der Waals surface area contributed by atoms with Crippen LogP contribution in [0.2, 0.25) is 5.02 Å². The molecule has 2 aliphatic rings. The number of anilines is 2. The highest BCUT2D eigenvalue weighted by molar-refractivity contribution is 6.36. The third-order valence-corrected chi connectivity index (χ3v) is 8.50. The summed E-state index contributed by atoms with van der Waals surface area (Å²) in [6, 6.07) is 7.75. The highest BCUT2D eigenvalue weighted by Crippen LogP contribution is 2.42. The van der Waals surface area contributed by atoms with Crippen molar-refractivity contribution in [3.05, 3.63) is 70.0 Å². The van der Waals surface area contributed by atoms with Gasteiger partial charge in [0.25, 0.3) is 5.56 Å². The first-order valence-corrected chi connectivity index (χ1v) is 14.7. The number of fused-ring (bicyclic) bond motifs is 2. The summed E-state index contributed by atoms with van der Waals surface area (Å²) < 4.78 is 17.7. The number of unbranched alkanes of at least 4 members (excludes halogenated alkanes) is 1. The second kappa shape index (κ2) is 10.5. The van der Waals surface area contributed by atoms with Crippen molar-refractivity contribution >= 4 is 39.9 Å². The summed E-state index contributed by atoms with van der Waals surface area (Å²) in [6.07, 6.45) is 13.5. The first kappa shape index (κ1) is 26.0. The molecule has 0 unspecified atom stereocenters. The van der Waals surface area contributed by atoms with Gasteiger partial charge in [-0.15, -0.1) is 0 Å². The fourth-order valence-corrected chi connectivity index (χ4v) is 5.77. The van der Waals surface area contributed by atoms with Crippen molar-refractivity contribution in [1.82, 2.24) is 28.7 Å². The van der Waals surface area contributed by atoms with Crippen LogP contribution in [0.15, 0.2) is 53.8 Å². The molecule has 212 valence electrons. The van der Waals surface area contributed by atoms with E-state index in [0.29, 0.717) is 45.2 Å². The van der Waals surface area contributed by atoms with Crippen LogP contribution in [0.4, 0.5) is 11.6 Å². The molecule has 5 aromatic heterocycles. The Morgan fingerprint density at radius 1 is 1.15 bits per heavy atom. The van der Waals surface area contributed by atoms with Gasteiger partial charge in [-0.3, -0.25) is 4.79 Å². The first-order chi connectivity index (χ1) is 20.0. The number of rotatable bonds is 10. The second-order valence-corrected chi connectivity index (χ2v) is 11.3. The van der Waals surface area contributed by atoms with E-state index in [1.165, 1.54) is 5.56 Å². The number of hydrogen-bond donors (Lipinski definition) is 1. The molecule has 2 aliphatic carbocycles. The fraction of sp³-hybridized carbons (Fsp3) is 0.400. The van der Waals surface area contributed by atoms with Gasteiger partial charge in [0.15, 0.2) is 17.1 Å². The highest BCUT2D eigenvalue weighted by atomic mass is 35.5. The van der Waals surface area contributed by atoms with Crippen LogP contribution >= 0.6 is 11.6 Å². The van der Waals surface area contributed by atoms with Crippen molar-refractivity contribution in [2.24, 2.45) is 7.05 Å². The van der Waals surface area contributed by atoms with Crippen molar-refractivity contribution in [3.63, 3.8) is 0 Å². The lowest BCUT2D eigenvalue weighted by atomic mass is 9.88. The Bertz CT molecular complexity index is 1810. The first-order valence-electron chi connectivity index (χ1n) is 14.3. The summed E-state index contributed by atoms with van der Waals surface area (Å²) in [5.74, 6) is 1.92. The monoisotopic (exact) mass is 573 g/mol. The van der Waals surface area contributed by atoms with Crippen LogP contribution in [0.3, 0.4) is 0 Å². The number of aryl methyl sites for hydroxylation is 1. The van der Waals surface area contributed by atoms with Crippen LogP contribution in [-0.4, -0.2) is 41.4 Å². The Kier molecular flexibility index (Phi) is 6.67. The summed E-state index contributed by atoms with van der Waals surface area (Å²) in [4.78, 5) is 22.9. The summed E-state index contributed by atoms with van der Waals surface area (Å²) >= 11 is 6.84. The van der Waals surface area contributed by atoms with Crippen LogP contribution < -0.4 is 15.6 Å². The third-order valence-electron chi connectivity index (χ3n) is 8.14. The predicted molar refractivity (Wildman–Crippen MR) is 158 cm³/mol. The molecular weight excluding hydrogens is 542 g/mol. The van der Waals surface area contributed by atoms with Crippen molar-refractivity contribution < 1.29 is 9.47 Å². The predicted octanol–water partition coefficient (Wildman–Crippen LogP) is 6.36. The lowest BCUT2D eigenvalue weighted by Gasteiger charge is -2.38. The van der Waals surface area contributed by atoms with Gasteiger partial charge in [0.05, 0.1) is 24.5 Å². The van der Waals surface area contributed by atoms with Gasteiger partial charge in [-0.05, 0) is 61.8 Å². The SMILES string of the molecule is CCCCO[C@H]1CC[C@H]1n1cc(C2CC2)cc(Nc2nc3ncc(Oc4cnn5ccccc45)c(Cl)c3n2C)c1=O. The second-order valence-electron chi connectivity index (χ2n) is 11.0. The van der Waals surface area contributed by atoms with E-state index in [4.69, 9.17) is 21.1 Å². The molecule has 41 heavy (non-hydrogen) atoms. The molecule has 0 amide bonds. The van der Waals surface area contributed by atoms with Crippen LogP contribution in [-0.2, 0) is 11.8 Å². The minimum absolute atomic E-state index is 0.0507. The zero-order chi connectivity index (χ0) is 28.1. The Morgan fingerprint density at radius 2 is 2.02 bits per heavy atom. The zero-order valence-electron chi connectivity index (χ0n) is 23.1. The molecule has 0 bridgehead atoms. The fourth-order valence-electron chi connectivity index (χ4n) is 5.47. The number of ether oxygens (including phenoxy) is 2. The average Bonchev–Trinajstić information content (AvgIpc) is 3.66. The van der Waals surface area contributed by atoms with E-state index in [0.717, 1.165) is 50.6 Å². The van der Waals surface area contributed by atoms with Gasteiger partial charge in [-0.2, -0.15) is 10.1 Å². The van der Waals surface area contributed by atoms with Gasteiger partial charge < -0.3 is 23.9 Å². The Morgan fingerprint density at radius 3 is 2.80 bits per heavy atom. The van der Waals surface area contributed by atoms with Gasteiger partial charge in [0, 0.05) is 26.0 Å². The Labute approximate surface area is 241 Å². The number of halogens is 1. The van der Waals surface area contributed by atoms with E-state index >= 15 is 0 Å². The molecule has 5 heterocycles. The largest absolute Gasteiger partial charge is 0.450 e. The van der Waals surface area contributed by atoms with Crippen LogP contribution in [0, 0.1) is 0 Å². The van der Waals surface area contributed by atoms with E-state index in [1.807, 2.05) is 48.3 Å². The standard InChI is InChI=1S/C30H32ClN7O3/c1-3-4-13-40-23-11-10-21(23)37-17-19(18-8-9-18)14-20(29(37)39)34-30-35-28-27(36(30)2)26(31)25(15-32-28)41-24-16-33-38-12-6-5-7-22(24)38/h5-7,12,14-18,21,23H,3-4,8-11,13H2,1-2H3,(H,32,34,35)/t21-,23+/m1/s1. The number of nitrogens with one attached hydrogen (secondary N) is 1. The van der Waals surface area contributed by atoms with Crippen LogP contribution in [0.1, 0.15) is 63.0 Å². The summed E-state index contributed by atoms with van der Waals surface area (Å²) in [5.41, 5.74) is 3.45. The van der Waals surface area contributed by atoms with Crippen molar-refractivity contribution in [3.8, 4) is 11.5 Å².